The van der Waals surface area contributed by atoms with Crippen LogP contribution in [0.15, 0.2) is 0 Å². The number of rotatable bonds is 5. The van der Waals surface area contributed by atoms with Crippen molar-refractivity contribution in [3.63, 3.8) is 0 Å². The smallest absolute Gasteiger partial charge is 0.150 e. The summed E-state index contributed by atoms with van der Waals surface area (Å²) in [7, 11) is -2.87. The van der Waals surface area contributed by atoms with Crippen LogP contribution >= 0.6 is 0 Å². The van der Waals surface area contributed by atoms with E-state index in [9.17, 15) is 8.42 Å². The molecule has 0 aromatic carbocycles. The first kappa shape index (κ1) is 17.2. The van der Waals surface area contributed by atoms with Gasteiger partial charge in [0.05, 0.1) is 11.9 Å². The largest absolute Gasteiger partial charge is 0.362 e. The third-order valence-electron chi connectivity index (χ3n) is 4.62. The van der Waals surface area contributed by atoms with Crippen LogP contribution in [0.4, 0.5) is 0 Å². The fraction of sp³-hybridized carbons (Fsp3) is 1.00. The predicted molar refractivity (Wildman–Crippen MR) is 85.0 cm³/mol. The third kappa shape index (κ3) is 5.20. The zero-order chi connectivity index (χ0) is 15.5. The SMILES string of the molecule is CC(C)COC1CNCC(C2CCC(S(C)(=O)=O)CC2)N1. The Kier molecular flexibility index (Phi) is 6.05. The number of sulfone groups is 1. The minimum atomic E-state index is -2.87. The fourth-order valence-corrected chi connectivity index (χ4v) is 4.49. The van der Waals surface area contributed by atoms with E-state index in [0.29, 0.717) is 17.9 Å². The lowest BCUT2D eigenvalue weighted by Gasteiger charge is -2.39. The summed E-state index contributed by atoms with van der Waals surface area (Å²) in [5.41, 5.74) is 0. The zero-order valence-electron chi connectivity index (χ0n) is 13.5. The van der Waals surface area contributed by atoms with Gasteiger partial charge in [-0.15, -0.1) is 0 Å². The Labute approximate surface area is 129 Å². The first-order valence-corrected chi connectivity index (χ1v) is 10.1. The third-order valence-corrected chi connectivity index (χ3v) is 6.30. The Hall–Kier alpha value is -0.170. The summed E-state index contributed by atoms with van der Waals surface area (Å²) in [6.07, 6.45) is 5.05. The summed E-state index contributed by atoms with van der Waals surface area (Å²) in [5, 5.41) is 6.91. The summed E-state index contributed by atoms with van der Waals surface area (Å²) in [4.78, 5) is 0. The maximum atomic E-state index is 11.6. The molecular weight excluding hydrogens is 288 g/mol. The standard InChI is InChI=1S/C15H30N2O3S/c1-11(2)10-20-15-9-16-8-14(17-15)12-4-6-13(7-5-12)21(3,18)19/h11-17H,4-10H2,1-3H3. The molecule has 0 radical (unpaired) electrons. The summed E-state index contributed by atoms with van der Waals surface area (Å²) in [6.45, 7) is 6.88. The van der Waals surface area contributed by atoms with Gasteiger partial charge in [-0.25, -0.2) is 8.42 Å². The number of nitrogens with one attached hydrogen (secondary N) is 2. The summed E-state index contributed by atoms with van der Waals surface area (Å²) < 4.78 is 29.1. The summed E-state index contributed by atoms with van der Waals surface area (Å²) in [5.74, 6) is 1.10. The van der Waals surface area contributed by atoms with Crippen LogP contribution in [0.1, 0.15) is 39.5 Å². The normalized spacial score (nSPS) is 35.0. The molecule has 2 N–H and O–H groups in total. The van der Waals surface area contributed by atoms with Gasteiger partial charge in [-0.1, -0.05) is 13.8 Å². The molecule has 2 unspecified atom stereocenters. The van der Waals surface area contributed by atoms with Crippen LogP contribution in [0.5, 0.6) is 0 Å². The highest BCUT2D eigenvalue weighted by atomic mass is 32.2. The molecule has 0 aromatic rings. The van der Waals surface area contributed by atoms with Gasteiger partial charge < -0.3 is 10.1 Å². The lowest BCUT2D eigenvalue weighted by atomic mass is 9.83. The lowest BCUT2D eigenvalue weighted by Crippen LogP contribution is -2.59. The highest BCUT2D eigenvalue weighted by Crippen LogP contribution is 2.30. The maximum absolute atomic E-state index is 11.6. The van der Waals surface area contributed by atoms with Crippen molar-refractivity contribution in [1.29, 1.82) is 0 Å². The van der Waals surface area contributed by atoms with Crippen LogP contribution in [0, 0.1) is 11.8 Å². The van der Waals surface area contributed by atoms with E-state index in [4.69, 9.17) is 4.74 Å². The van der Waals surface area contributed by atoms with Crippen molar-refractivity contribution in [2.75, 3.05) is 26.0 Å². The molecule has 5 nitrogen and oxygen atoms in total. The summed E-state index contributed by atoms with van der Waals surface area (Å²) >= 11 is 0. The van der Waals surface area contributed by atoms with Crippen LogP contribution in [0.3, 0.4) is 0 Å². The number of ether oxygens (including phenoxy) is 1. The topological polar surface area (TPSA) is 67.4 Å². The Balaban J connectivity index is 1.80. The molecule has 1 heterocycles. The van der Waals surface area contributed by atoms with Crippen LogP contribution in [0.25, 0.3) is 0 Å². The van der Waals surface area contributed by atoms with Crippen molar-refractivity contribution in [2.24, 2.45) is 11.8 Å². The van der Waals surface area contributed by atoms with Crippen LogP contribution in [0.2, 0.25) is 0 Å². The van der Waals surface area contributed by atoms with E-state index in [1.165, 1.54) is 6.26 Å². The highest BCUT2D eigenvalue weighted by Gasteiger charge is 2.34. The average Bonchev–Trinajstić information content (AvgIpc) is 2.45. The Morgan fingerprint density at radius 3 is 2.38 bits per heavy atom. The van der Waals surface area contributed by atoms with Crippen LogP contribution in [-0.4, -0.2) is 51.9 Å². The van der Waals surface area contributed by atoms with E-state index in [-0.39, 0.29) is 11.5 Å². The van der Waals surface area contributed by atoms with Gasteiger partial charge in [0, 0.05) is 25.4 Å². The van der Waals surface area contributed by atoms with Crippen molar-refractivity contribution in [3.8, 4) is 0 Å². The van der Waals surface area contributed by atoms with Crippen LogP contribution < -0.4 is 10.6 Å². The van der Waals surface area contributed by atoms with Gasteiger partial charge in [-0.3, -0.25) is 5.32 Å². The van der Waals surface area contributed by atoms with Gasteiger partial charge in [0.25, 0.3) is 0 Å². The van der Waals surface area contributed by atoms with E-state index in [2.05, 4.69) is 24.5 Å². The minimum absolute atomic E-state index is 0.0822. The minimum Gasteiger partial charge on any atom is -0.362 e. The number of hydrogen-bond acceptors (Lipinski definition) is 5. The van der Waals surface area contributed by atoms with Crippen molar-refractivity contribution in [1.82, 2.24) is 10.6 Å². The molecule has 1 saturated carbocycles. The van der Waals surface area contributed by atoms with E-state index in [0.717, 1.165) is 45.4 Å². The lowest BCUT2D eigenvalue weighted by molar-refractivity contribution is -0.0126. The van der Waals surface area contributed by atoms with E-state index in [1.54, 1.807) is 0 Å². The molecule has 21 heavy (non-hydrogen) atoms. The molecule has 2 rings (SSSR count). The van der Waals surface area contributed by atoms with Crippen molar-refractivity contribution < 1.29 is 13.2 Å². The molecule has 124 valence electrons. The molecule has 2 fully saturated rings. The zero-order valence-corrected chi connectivity index (χ0v) is 14.3. The highest BCUT2D eigenvalue weighted by molar-refractivity contribution is 7.91. The van der Waals surface area contributed by atoms with Crippen molar-refractivity contribution in [2.45, 2.75) is 57.1 Å². The van der Waals surface area contributed by atoms with Crippen molar-refractivity contribution >= 4 is 9.84 Å². The monoisotopic (exact) mass is 318 g/mol. The Morgan fingerprint density at radius 2 is 1.81 bits per heavy atom. The average molecular weight is 318 g/mol. The molecule has 2 atom stereocenters. The van der Waals surface area contributed by atoms with Gasteiger partial charge in [0.1, 0.15) is 16.1 Å². The molecular formula is C15H30N2O3S. The molecule has 6 heteroatoms. The van der Waals surface area contributed by atoms with E-state index in [1.807, 2.05) is 0 Å². The molecule has 1 aliphatic heterocycles. The predicted octanol–water partition coefficient (Wildman–Crippen LogP) is 1.15. The second kappa shape index (κ2) is 7.40. The van der Waals surface area contributed by atoms with E-state index < -0.39 is 9.84 Å². The quantitative estimate of drug-likeness (QED) is 0.796. The van der Waals surface area contributed by atoms with Gasteiger partial charge in [0.15, 0.2) is 0 Å². The first-order valence-electron chi connectivity index (χ1n) is 8.13. The van der Waals surface area contributed by atoms with Gasteiger partial charge in [0.2, 0.25) is 0 Å². The number of hydrogen-bond donors (Lipinski definition) is 2. The molecule has 2 aliphatic rings. The first-order chi connectivity index (χ1) is 9.86. The maximum Gasteiger partial charge on any atom is 0.150 e. The molecule has 1 saturated heterocycles. The van der Waals surface area contributed by atoms with Gasteiger partial charge in [-0.2, -0.15) is 0 Å². The molecule has 0 aromatic heterocycles. The van der Waals surface area contributed by atoms with Gasteiger partial charge >= 0.3 is 0 Å². The molecule has 0 bridgehead atoms. The van der Waals surface area contributed by atoms with Crippen LogP contribution in [-0.2, 0) is 14.6 Å². The number of piperazine rings is 1. The second-order valence-corrected chi connectivity index (χ2v) is 9.34. The van der Waals surface area contributed by atoms with Crippen molar-refractivity contribution in [3.05, 3.63) is 0 Å². The Bertz CT molecular complexity index is 417. The fourth-order valence-electron chi connectivity index (χ4n) is 3.36. The molecule has 0 spiro atoms. The molecule has 1 aliphatic carbocycles. The second-order valence-electron chi connectivity index (χ2n) is 7.01. The summed E-state index contributed by atoms with van der Waals surface area (Å²) in [6, 6.07) is 0.399. The Morgan fingerprint density at radius 1 is 1.14 bits per heavy atom. The van der Waals surface area contributed by atoms with E-state index >= 15 is 0 Å². The molecule has 0 amide bonds. The van der Waals surface area contributed by atoms with Gasteiger partial charge in [-0.05, 0) is 37.5 Å².